The average Bonchev–Trinajstić information content (AvgIpc) is 4.11. The second kappa shape index (κ2) is 17.5. The van der Waals surface area contributed by atoms with E-state index in [1.165, 1.54) is 25.7 Å². The van der Waals surface area contributed by atoms with Gasteiger partial charge in [-0.3, -0.25) is 0 Å². The van der Waals surface area contributed by atoms with Crippen LogP contribution in [-0.4, -0.2) is 67.3 Å². The normalized spacial score (nSPS) is 13.5. The molecule has 1 N–H and O–H groups in total. The Bertz CT molecular complexity index is 1900. The highest BCUT2D eigenvalue weighted by Crippen LogP contribution is 2.33. The van der Waals surface area contributed by atoms with E-state index in [0.717, 1.165) is 69.5 Å². The van der Waals surface area contributed by atoms with Crippen LogP contribution < -0.4 is 19.3 Å². The molecule has 0 unspecified atom stereocenters. The Morgan fingerprint density at radius 3 is 1.69 bits per heavy atom. The van der Waals surface area contributed by atoms with Crippen LogP contribution >= 0.6 is 31.9 Å². The topological polar surface area (TPSA) is 155 Å². The van der Waals surface area contributed by atoms with E-state index in [-0.39, 0.29) is 0 Å². The summed E-state index contributed by atoms with van der Waals surface area (Å²) in [6.45, 7) is 8.70. The van der Waals surface area contributed by atoms with Crippen LogP contribution in [0.1, 0.15) is 56.4 Å². The Morgan fingerprint density at radius 1 is 0.725 bits per heavy atom. The molecule has 13 nitrogen and oxygen atoms in total. The zero-order chi connectivity index (χ0) is 35.6. The minimum absolute atomic E-state index is 0.325. The van der Waals surface area contributed by atoms with Gasteiger partial charge in [0.15, 0.2) is 23.2 Å². The van der Waals surface area contributed by atoms with Gasteiger partial charge in [-0.25, -0.2) is 5.10 Å². The van der Waals surface area contributed by atoms with Crippen LogP contribution in [-0.2, 0) is 13.1 Å². The van der Waals surface area contributed by atoms with Gasteiger partial charge in [-0.15, -0.1) is 25.5 Å². The first-order valence-electron chi connectivity index (χ1n) is 17.1. The molecule has 3 heterocycles. The van der Waals surface area contributed by atoms with E-state index in [2.05, 4.69) is 109 Å². The van der Waals surface area contributed by atoms with Crippen molar-refractivity contribution in [2.75, 3.05) is 36.1 Å². The number of halogens is 2. The maximum Gasteiger partial charge on any atom is 0.199 e. The molecule has 0 saturated heterocycles. The van der Waals surface area contributed by atoms with Gasteiger partial charge in [-0.1, -0.05) is 31.9 Å². The summed E-state index contributed by atoms with van der Waals surface area (Å²) in [5, 5.41) is 39.2. The van der Waals surface area contributed by atoms with E-state index in [4.69, 9.17) is 14.7 Å². The van der Waals surface area contributed by atoms with E-state index in [1.54, 1.807) is 6.07 Å². The number of anilines is 2. The number of ether oxygens (including phenoxy) is 2. The molecule has 0 aliphatic heterocycles. The van der Waals surface area contributed by atoms with Crippen LogP contribution in [0.3, 0.4) is 0 Å². The lowest BCUT2D eigenvalue weighted by Crippen LogP contribution is -2.24. The monoisotopic (exact) mass is 815 g/mol. The van der Waals surface area contributed by atoms with Gasteiger partial charge in [0.1, 0.15) is 23.3 Å². The number of nitriles is 1. The first-order chi connectivity index (χ1) is 24.9. The zero-order valence-corrected chi connectivity index (χ0v) is 31.7. The maximum atomic E-state index is 8.85. The summed E-state index contributed by atoms with van der Waals surface area (Å²) in [6, 6.07) is 21.6. The molecule has 0 radical (unpaired) electrons. The number of nitrogens with zero attached hydrogens (tertiary/aromatic N) is 10. The molecule has 0 bridgehead atoms. The van der Waals surface area contributed by atoms with Crippen molar-refractivity contribution < 1.29 is 9.47 Å². The Morgan fingerprint density at radius 2 is 1.27 bits per heavy atom. The predicted octanol–water partition coefficient (Wildman–Crippen LogP) is 7.16. The van der Waals surface area contributed by atoms with Crippen LogP contribution in [0.5, 0.6) is 11.5 Å². The Balaban J connectivity index is 0.000000177. The van der Waals surface area contributed by atoms with Crippen molar-refractivity contribution in [3.63, 3.8) is 0 Å². The second-order valence-corrected chi connectivity index (χ2v) is 14.3. The summed E-state index contributed by atoms with van der Waals surface area (Å²) in [4.78, 5) is 4.26. The van der Waals surface area contributed by atoms with Crippen LogP contribution in [0.2, 0.25) is 0 Å². The molecule has 2 aromatic carbocycles. The molecule has 0 spiro atoms. The third-order valence-corrected chi connectivity index (χ3v) is 9.51. The minimum atomic E-state index is 0.325. The number of H-pyrrole nitrogens is 1. The van der Waals surface area contributed by atoms with Gasteiger partial charge >= 0.3 is 0 Å². The molecular formula is C36H39Br2N11O2. The Kier molecular flexibility index (Phi) is 12.4. The fraction of sp³-hybridized carbons (Fsp3) is 0.389. The van der Waals surface area contributed by atoms with Crippen LogP contribution in [0, 0.1) is 23.2 Å². The Hall–Kier alpha value is -4.68. The summed E-state index contributed by atoms with van der Waals surface area (Å²) >= 11 is 7.10. The highest BCUT2D eigenvalue weighted by molar-refractivity contribution is 9.10. The molecule has 15 heteroatoms. The van der Waals surface area contributed by atoms with E-state index in [1.807, 2.05) is 48.5 Å². The molecule has 2 fully saturated rings. The maximum absolute atomic E-state index is 8.85. The quantitative estimate of drug-likeness (QED) is 0.114. The lowest BCUT2D eigenvalue weighted by molar-refractivity contribution is 0.296. The Labute approximate surface area is 314 Å². The molecule has 2 aliphatic rings. The summed E-state index contributed by atoms with van der Waals surface area (Å²) in [7, 11) is 0. The number of tetrazole rings is 1. The highest BCUT2D eigenvalue weighted by Gasteiger charge is 2.24. The molecule has 0 atom stereocenters. The number of benzene rings is 2. The molecule has 0 amide bonds. The van der Waals surface area contributed by atoms with Crippen molar-refractivity contribution >= 4 is 43.5 Å². The van der Waals surface area contributed by atoms with Crippen molar-refractivity contribution in [2.24, 2.45) is 11.8 Å². The number of aromatic nitrogens is 8. The minimum Gasteiger partial charge on any atom is -0.493 e. The van der Waals surface area contributed by atoms with Gasteiger partial charge in [-0.05, 0) is 122 Å². The molecule has 7 rings (SSSR count). The van der Waals surface area contributed by atoms with Crippen LogP contribution in [0.15, 0.2) is 69.6 Å². The number of nitrogens with one attached hydrogen (secondary N) is 1. The number of rotatable bonds is 15. The molecule has 51 heavy (non-hydrogen) atoms. The fourth-order valence-corrected chi connectivity index (χ4v) is 5.99. The van der Waals surface area contributed by atoms with Crippen molar-refractivity contribution in [1.29, 1.82) is 5.26 Å². The smallest absolute Gasteiger partial charge is 0.199 e. The van der Waals surface area contributed by atoms with Crippen molar-refractivity contribution in [2.45, 2.75) is 52.6 Å². The third-order valence-electron chi connectivity index (χ3n) is 8.53. The first kappa shape index (κ1) is 36.1. The fourth-order valence-electron chi connectivity index (χ4n) is 5.17. The number of hydrogen-bond donors (Lipinski definition) is 1. The summed E-state index contributed by atoms with van der Waals surface area (Å²) < 4.78 is 14.1. The van der Waals surface area contributed by atoms with Crippen molar-refractivity contribution in [3.8, 4) is 29.1 Å². The largest absolute Gasteiger partial charge is 0.493 e. The molecule has 2 saturated carbocycles. The summed E-state index contributed by atoms with van der Waals surface area (Å²) in [6.07, 6.45) is 5.09. The van der Waals surface area contributed by atoms with Crippen molar-refractivity contribution in [1.82, 2.24) is 41.0 Å². The van der Waals surface area contributed by atoms with E-state index < -0.39 is 0 Å². The van der Waals surface area contributed by atoms with Crippen LogP contribution in [0.25, 0.3) is 11.5 Å². The molecule has 264 valence electrons. The second-order valence-electron chi connectivity index (χ2n) is 12.5. The lowest BCUT2D eigenvalue weighted by atomic mass is 10.2. The summed E-state index contributed by atoms with van der Waals surface area (Å²) in [5.41, 5.74) is 3.16. The molecule has 3 aromatic heterocycles. The van der Waals surface area contributed by atoms with Gasteiger partial charge in [0.05, 0.1) is 13.2 Å². The average molecular weight is 818 g/mol. The SMILES string of the molecule is CCN(Cc1cc(Br)ccc1OCC1CC1)c1ccc(-c2nnn[nH]2)nn1.CCN(Cc1cc(Br)ccc1OCC1CC1)c1ccc(C#N)nn1. The van der Waals surface area contributed by atoms with Gasteiger partial charge in [0, 0.05) is 46.3 Å². The number of hydrogen-bond acceptors (Lipinski definition) is 12. The molecule has 5 aromatic rings. The summed E-state index contributed by atoms with van der Waals surface area (Å²) in [5.74, 6) is 5.33. The zero-order valence-electron chi connectivity index (χ0n) is 28.5. The van der Waals surface area contributed by atoms with E-state index in [9.17, 15) is 0 Å². The number of aromatic amines is 1. The highest BCUT2D eigenvalue weighted by atomic mass is 79.9. The van der Waals surface area contributed by atoms with Gasteiger partial charge in [0.2, 0.25) is 0 Å². The molecular weight excluding hydrogens is 778 g/mol. The standard InChI is InChI=1S/C18H20BrN7O.C18H19BrN4O/c1-2-26(17-8-6-15(20-21-17)18-22-24-25-23-18)10-13-9-14(19)5-7-16(13)27-11-12-3-4-12;1-2-23(18-8-6-16(10-20)21-22-18)11-14-9-15(19)5-7-17(14)24-12-13-3-4-13/h5-9,12H,2-4,10-11H2,1H3,(H,22,23,24,25);5-9,13H,2-4,11-12H2,1H3. The molecule has 2 aliphatic carbocycles. The lowest BCUT2D eigenvalue weighted by Gasteiger charge is -2.23. The predicted molar refractivity (Wildman–Crippen MR) is 200 cm³/mol. The van der Waals surface area contributed by atoms with Gasteiger partial charge < -0.3 is 19.3 Å². The van der Waals surface area contributed by atoms with E-state index in [0.29, 0.717) is 42.1 Å². The van der Waals surface area contributed by atoms with Gasteiger partial charge in [0.25, 0.3) is 0 Å². The van der Waals surface area contributed by atoms with E-state index >= 15 is 0 Å². The first-order valence-corrected chi connectivity index (χ1v) is 18.6. The van der Waals surface area contributed by atoms with Crippen LogP contribution in [0.4, 0.5) is 11.6 Å². The third kappa shape index (κ3) is 10.4. The van der Waals surface area contributed by atoms with Crippen molar-refractivity contribution in [3.05, 3.63) is 86.4 Å². The van der Waals surface area contributed by atoms with Gasteiger partial charge in [-0.2, -0.15) is 5.26 Å².